The van der Waals surface area contributed by atoms with Crippen molar-refractivity contribution in [1.82, 2.24) is 8.97 Å². The Morgan fingerprint density at radius 2 is 1.92 bits per heavy atom. The summed E-state index contributed by atoms with van der Waals surface area (Å²) in [5, 5.41) is 12.7. The van der Waals surface area contributed by atoms with E-state index in [2.05, 4.69) is 10.6 Å². The van der Waals surface area contributed by atoms with E-state index in [1.54, 1.807) is 0 Å². The smallest absolute Gasteiger partial charge is 0.204 e. The van der Waals surface area contributed by atoms with E-state index in [4.69, 9.17) is 0 Å². The minimum absolute atomic E-state index is 0.0898. The molecule has 0 saturated heterocycles. The summed E-state index contributed by atoms with van der Waals surface area (Å²) in [5.41, 5.74) is 4.62. The first-order valence-electron chi connectivity index (χ1n) is 8.70. The Bertz CT molecular complexity index is 1300. The molecule has 4 heterocycles. The molecule has 2 aliphatic rings. The van der Waals surface area contributed by atoms with E-state index in [-0.39, 0.29) is 11.5 Å². The first-order chi connectivity index (χ1) is 12.6. The maximum absolute atomic E-state index is 13.1. The molecule has 26 heavy (non-hydrogen) atoms. The van der Waals surface area contributed by atoms with Crippen molar-refractivity contribution < 1.29 is 9.90 Å². The number of carbonyl (C=O) groups excluding carboxylic acids is 1. The summed E-state index contributed by atoms with van der Waals surface area (Å²) in [5.74, 6) is 0.00788. The van der Waals surface area contributed by atoms with Crippen LogP contribution in [0.3, 0.4) is 0 Å². The van der Waals surface area contributed by atoms with Crippen LogP contribution in [0.25, 0.3) is 22.7 Å². The molecule has 1 aliphatic carbocycles. The van der Waals surface area contributed by atoms with E-state index in [1.165, 1.54) is 0 Å². The SMILES string of the molecule is Cc1cc2ccccn2c1C1=C(O)/C(=c2/c(C)cc3n2CC=CC=3)C1=O. The van der Waals surface area contributed by atoms with Gasteiger partial charge in [-0.1, -0.05) is 18.2 Å². The molecule has 3 aromatic heterocycles. The molecule has 0 spiro atoms. The molecule has 3 aromatic rings. The fourth-order valence-corrected chi connectivity index (χ4v) is 4.13. The number of pyridine rings is 1. The fourth-order valence-electron chi connectivity index (χ4n) is 4.13. The molecule has 0 unspecified atom stereocenters. The lowest BCUT2D eigenvalue weighted by Crippen LogP contribution is -2.36. The molecule has 0 amide bonds. The number of Topliss-reactive ketones (excluding diaryl/α,β-unsaturated/α-hetero) is 1. The van der Waals surface area contributed by atoms with E-state index < -0.39 is 0 Å². The van der Waals surface area contributed by atoms with Crippen LogP contribution in [0, 0.1) is 13.8 Å². The lowest BCUT2D eigenvalue weighted by Gasteiger charge is -2.23. The van der Waals surface area contributed by atoms with Gasteiger partial charge in [0.15, 0.2) is 0 Å². The van der Waals surface area contributed by atoms with E-state index in [0.717, 1.165) is 33.0 Å². The van der Waals surface area contributed by atoms with Crippen LogP contribution in [0.5, 0.6) is 0 Å². The first kappa shape index (κ1) is 15.0. The van der Waals surface area contributed by atoms with Crippen molar-refractivity contribution in [2.24, 2.45) is 0 Å². The molecule has 0 fully saturated rings. The molecule has 4 heteroatoms. The Kier molecular flexibility index (Phi) is 2.95. The van der Waals surface area contributed by atoms with E-state index >= 15 is 0 Å². The lowest BCUT2D eigenvalue weighted by molar-refractivity contribution is -0.110. The van der Waals surface area contributed by atoms with Gasteiger partial charge in [-0.2, -0.15) is 0 Å². The predicted octanol–water partition coefficient (Wildman–Crippen LogP) is 2.41. The van der Waals surface area contributed by atoms with Gasteiger partial charge in [-0.3, -0.25) is 4.79 Å². The minimum atomic E-state index is -0.0898. The van der Waals surface area contributed by atoms with E-state index in [0.29, 0.717) is 17.7 Å². The zero-order valence-corrected chi connectivity index (χ0v) is 14.7. The average molecular weight is 342 g/mol. The molecule has 0 aromatic carbocycles. The second kappa shape index (κ2) is 5.11. The van der Waals surface area contributed by atoms with Gasteiger partial charge in [0, 0.05) is 23.6 Å². The van der Waals surface area contributed by atoms with Crippen LogP contribution < -0.4 is 10.7 Å². The van der Waals surface area contributed by atoms with Gasteiger partial charge in [-0.05, 0) is 55.3 Å². The minimum Gasteiger partial charge on any atom is -0.506 e. The molecule has 128 valence electrons. The van der Waals surface area contributed by atoms with Crippen LogP contribution in [0.1, 0.15) is 16.8 Å². The summed E-state index contributed by atoms with van der Waals surface area (Å²) in [4.78, 5) is 13.1. The first-order valence-corrected chi connectivity index (χ1v) is 8.70. The molecule has 5 rings (SSSR count). The number of aliphatic hydroxyl groups is 1. The number of ketones is 1. The lowest BCUT2D eigenvalue weighted by atomic mass is 9.84. The number of rotatable bonds is 1. The van der Waals surface area contributed by atoms with Gasteiger partial charge in [0.2, 0.25) is 5.78 Å². The van der Waals surface area contributed by atoms with Gasteiger partial charge in [-0.15, -0.1) is 0 Å². The third-order valence-corrected chi connectivity index (χ3v) is 5.28. The maximum atomic E-state index is 13.1. The van der Waals surface area contributed by atoms with Gasteiger partial charge in [0.1, 0.15) is 5.76 Å². The van der Waals surface area contributed by atoms with Crippen molar-refractivity contribution in [3.63, 3.8) is 0 Å². The van der Waals surface area contributed by atoms with Gasteiger partial charge >= 0.3 is 0 Å². The molecule has 0 atom stereocenters. The summed E-state index contributed by atoms with van der Waals surface area (Å²) in [6.45, 7) is 4.66. The third kappa shape index (κ3) is 1.81. The largest absolute Gasteiger partial charge is 0.506 e. The summed E-state index contributed by atoms with van der Waals surface area (Å²) in [7, 11) is 0. The summed E-state index contributed by atoms with van der Waals surface area (Å²) in [6.07, 6.45) is 8.01. The molecule has 0 bridgehead atoms. The number of hydrogen-bond acceptors (Lipinski definition) is 2. The Labute approximate surface area is 150 Å². The zero-order chi connectivity index (χ0) is 18.0. The number of aromatic nitrogens is 2. The van der Waals surface area contributed by atoms with Gasteiger partial charge in [-0.25, -0.2) is 0 Å². The van der Waals surface area contributed by atoms with Crippen molar-refractivity contribution >= 4 is 28.5 Å². The second-order valence-electron chi connectivity index (χ2n) is 6.91. The highest BCUT2D eigenvalue weighted by atomic mass is 16.3. The second-order valence-corrected chi connectivity index (χ2v) is 6.91. The van der Waals surface area contributed by atoms with Crippen LogP contribution >= 0.6 is 0 Å². The monoisotopic (exact) mass is 342 g/mol. The fraction of sp³-hybridized carbons (Fsp3) is 0.136. The van der Waals surface area contributed by atoms with Crippen LogP contribution in [0.15, 0.2) is 54.4 Å². The molecule has 4 nitrogen and oxygen atoms in total. The molecular weight excluding hydrogens is 324 g/mol. The normalized spacial score (nSPS) is 18.2. The zero-order valence-electron chi connectivity index (χ0n) is 14.7. The van der Waals surface area contributed by atoms with Gasteiger partial charge < -0.3 is 14.1 Å². The number of nitrogens with zero attached hydrogens (tertiary/aromatic N) is 2. The van der Waals surface area contributed by atoms with Crippen molar-refractivity contribution in [2.75, 3.05) is 0 Å². The topological polar surface area (TPSA) is 46.6 Å². The number of carbonyl (C=O) groups is 1. The molecule has 0 radical (unpaired) electrons. The molecular formula is C22H18N2O2. The van der Waals surface area contributed by atoms with E-state index in [1.807, 2.05) is 66.9 Å². The molecule has 1 aliphatic heterocycles. The average Bonchev–Trinajstić information content (AvgIpc) is 3.13. The highest BCUT2D eigenvalue weighted by molar-refractivity contribution is 6.51. The van der Waals surface area contributed by atoms with Crippen LogP contribution in [0.2, 0.25) is 0 Å². The van der Waals surface area contributed by atoms with Gasteiger partial charge in [0.05, 0.1) is 22.2 Å². The summed E-state index contributed by atoms with van der Waals surface area (Å²) < 4.78 is 4.05. The number of allylic oxidation sites excluding steroid dienone is 4. The van der Waals surface area contributed by atoms with Crippen LogP contribution in [-0.4, -0.2) is 19.9 Å². The standard InChI is InChI=1S/C22H18N2O2/c1-13-11-15-7-3-5-9-23(15)19(13)17-21(25)18(22(17)26)20-14(2)12-16-8-4-6-10-24(16)20/h3-9,11-12,25H,10H2,1-2H3/b20-18+. The van der Waals surface area contributed by atoms with Crippen LogP contribution in [0.4, 0.5) is 0 Å². The molecule has 1 N–H and O–H groups in total. The Morgan fingerprint density at radius 3 is 2.73 bits per heavy atom. The Hall–Kier alpha value is -3.27. The van der Waals surface area contributed by atoms with Gasteiger partial charge in [0.25, 0.3) is 0 Å². The number of fused-ring (bicyclic) bond motifs is 2. The van der Waals surface area contributed by atoms with Crippen molar-refractivity contribution in [1.29, 1.82) is 0 Å². The number of aryl methyl sites for hydroxylation is 2. The highest BCUT2D eigenvalue weighted by Crippen LogP contribution is 2.38. The Balaban J connectivity index is 1.81. The van der Waals surface area contributed by atoms with Crippen molar-refractivity contribution in [2.45, 2.75) is 20.4 Å². The van der Waals surface area contributed by atoms with Crippen LogP contribution in [-0.2, 0) is 11.3 Å². The van der Waals surface area contributed by atoms with Crippen molar-refractivity contribution in [3.8, 4) is 0 Å². The summed E-state index contributed by atoms with van der Waals surface area (Å²) >= 11 is 0. The number of hydrogen-bond donors (Lipinski definition) is 1. The third-order valence-electron chi connectivity index (χ3n) is 5.28. The molecule has 0 saturated carbocycles. The predicted molar refractivity (Wildman–Crippen MR) is 102 cm³/mol. The maximum Gasteiger partial charge on any atom is 0.204 e. The van der Waals surface area contributed by atoms with Crippen molar-refractivity contribution in [3.05, 3.63) is 82.0 Å². The Morgan fingerprint density at radius 1 is 1.08 bits per heavy atom. The van der Waals surface area contributed by atoms with E-state index in [9.17, 15) is 9.90 Å². The quantitative estimate of drug-likeness (QED) is 0.738. The highest BCUT2D eigenvalue weighted by Gasteiger charge is 2.38. The number of aliphatic hydroxyl groups excluding tert-OH is 1. The summed E-state index contributed by atoms with van der Waals surface area (Å²) in [6, 6.07) is 9.98.